The van der Waals surface area contributed by atoms with E-state index in [-0.39, 0.29) is 10.1 Å². The highest BCUT2D eigenvalue weighted by molar-refractivity contribution is 6.75. The molecule has 1 aliphatic carbocycles. The summed E-state index contributed by atoms with van der Waals surface area (Å²) in [5.74, 6) is 1.40. The summed E-state index contributed by atoms with van der Waals surface area (Å²) in [4.78, 5) is 12.2. The van der Waals surface area contributed by atoms with E-state index in [2.05, 4.69) is 85.9 Å². The summed E-state index contributed by atoms with van der Waals surface area (Å²) in [7, 11) is -4.07. The molecule has 0 aliphatic heterocycles. The van der Waals surface area contributed by atoms with Crippen LogP contribution in [0, 0.1) is 0 Å². The van der Waals surface area contributed by atoms with Crippen molar-refractivity contribution in [2.24, 2.45) is 0 Å². The zero-order valence-corrected chi connectivity index (χ0v) is 27.9. The Bertz CT molecular complexity index is 1170. The minimum atomic E-state index is -2.08. The Morgan fingerprint density at radius 2 is 1.38 bits per heavy atom. The third-order valence-corrected chi connectivity index (χ3v) is 18.0. The number of benzene rings is 2. The van der Waals surface area contributed by atoms with Crippen LogP contribution in [0.15, 0.2) is 59.7 Å². The molecule has 0 amide bonds. The minimum Gasteiger partial charge on any atom is -0.543 e. The molecule has 39 heavy (non-hydrogen) atoms. The Hall–Kier alpha value is -2.32. The predicted molar refractivity (Wildman–Crippen MR) is 168 cm³/mol. The van der Waals surface area contributed by atoms with Crippen molar-refractivity contribution < 1.29 is 18.8 Å². The van der Waals surface area contributed by atoms with Gasteiger partial charge in [-0.15, -0.1) is 0 Å². The van der Waals surface area contributed by atoms with E-state index in [1.165, 1.54) is 5.56 Å². The highest BCUT2D eigenvalue weighted by Crippen LogP contribution is 2.46. The van der Waals surface area contributed by atoms with Gasteiger partial charge in [-0.25, -0.2) is 4.79 Å². The fourth-order valence-corrected chi connectivity index (χ4v) is 6.67. The lowest BCUT2D eigenvalue weighted by Crippen LogP contribution is -2.44. The molecule has 2 aromatic rings. The van der Waals surface area contributed by atoms with E-state index in [0.717, 1.165) is 48.3 Å². The lowest BCUT2D eigenvalue weighted by Gasteiger charge is -2.39. The molecule has 6 heteroatoms. The van der Waals surface area contributed by atoms with Gasteiger partial charge in [0.1, 0.15) is 11.5 Å². The van der Waals surface area contributed by atoms with Crippen molar-refractivity contribution in [2.75, 3.05) is 0 Å². The smallest absolute Gasteiger partial charge is 0.331 e. The van der Waals surface area contributed by atoms with Gasteiger partial charge in [-0.2, -0.15) is 0 Å². The van der Waals surface area contributed by atoms with E-state index in [1.54, 1.807) is 0 Å². The second kappa shape index (κ2) is 11.7. The van der Waals surface area contributed by atoms with Crippen LogP contribution in [0.25, 0.3) is 0 Å². The molecule has 1 fully saturated rings. The summed E-state index contributed by atoms with van der Waals surface area (Å²) in [5.41, 5.74) is 3.94. The van der Waals surface area contributed by atoms with Gasteiger partial charge in [-0.05, 0) is 85.1 Å². The number of carboxylic acid groups (broad SMARTS) is 1. The molecule has 3 rings (SSSR count). The number of hydrogen-bond acceptors (Lipinski definition) is 3. The van der Waals surface area contributed by atoms with Crippen LogP contribution in [0.4, 0.5) is 0 Å². The van der Waals surface area contributed by atoms with Gasteiger partial charge in [-0.1, -0.05) is 83.5 Å². The van der Waals surface area contributed by atoms with E-state index in [4.69, 9.17) is 8.85 Å². The molecular weight excluding hydrogens is 517 g/mol. The molecule has 2 aromatic carbocycles. The second-order valence-corrected chi connectivity index (χ2v) is 23.7. The Balaban J connectivity index is 1.91. The first-order valence-corrected chi connectivity index (χ1v) is 20.2. The average Bonchev–Trinajstić information content (AvgIpc) is 2.81. The zero-order valence-electron chi connectivity index (χ0n) is 25.9. The molecule has 1 N–H and O–H groups in total. The van der Waals surface area contributed by atoms with E-state index >= 15 is 0 Å². The molecule has 0 aromatic heterocycles. The van der Waals surface area contributed by atoms with Gasteiger partial charge < -0.3 is 14.0 Å². The number of rotatable bonds is 8. The number of allylic oxidation sites excluding steroid dienone is 1. The summed E-state index contributed by atoms with van der Waals surface area (Å²) in [6, 6.07) is 16.4. The molecular formula is C33H50O4Si2. The van der Waals surface area contributed by atoms with Gasteiger partial charge >= 0.3 is 5.97 Å². The van der Waals surface area contributed by atoms with Crippen molar-refractivity contribution in [3.63, 3.8) is 0 Å². The Kier molecular flexibility index (Phi) is 9.33. The topological polar surface area (TPSA) is 55.8 Å². The lowest BCUT2D eigenvalue weighted by atomic mass is 9.79. The van der Waals surface area contributed by atoms with Gasteiger partial charge in [0.2, 0.25) is 16.6 Å². The number of hydrogen-bond donors (Lipinski definition) is 1. The first-order valence-electron chi connectivity index (χ1n) is 14.4. The Morgan fingerprint density at radius 3 is 1.90 bits per heavy atom. The maximum atomic E-state index is 12.2. The molecule has 0 saturated heterocycles. The average molecular weight is 567 g/mol. The molecule has 0 bridgehead atoms. The summed E-state index contributed by atoms with van der Waals surface area (Å²) in [5, 5.41) is 10.2. The quantitative estimate of drug-likeness (QED) is 0.255. The first-order chi connectivity index (χ1) is 17.9. The maximum Gasteiger partial charge on any atom is 0.331 e. The fraction of sp³-hybridized carbons (Fsp3) is 0.545. The molecule has 0 heterocycles. The summed E-state index contributed by atoms with van der Waals surface area (Å²) in [6.07, 6.45) is 3.95. The van der Waals surface area contributed by atoms with Crippen molar-refractivity contribution in [3.8, 4) is 11.5 Å². The third kappa shape index (κ3) is 7.66. The van der Waals surface area contributed by atoms with E-state index in [1.807, 2.05) is 30.3 Å². The van der Waals surface area contributed by atoms with Gasteiger partial charge in [0, 0.05) is 18.1 Å². The van der Waals surface area contributed by atoms with Crippen LogP contribution in [0.1, 0.15) is 84.3 Å². The largest absolute Gasteiger partial charge is 0.543 e. The molecule has 0 unspecified atom stereocenters. The summed E-state index contributed by atoms with van der Waals surface area (Å²) < 4.78 is 13.6. The minimum absolute atomic E-state index is 0.0802. The second-order valence-electron chi connectivity index (χ2n) is 14.2. The third-order valence-electron chi connectivity index (χ3n) is 9.27. The number of aliphatic carboxylic acids is 1. The molecule has 1 saturated carbocycles. The van der Waals surface area contributed by atoms with Gasteiger partial charge in [0.05, 0.1) is 0 Å². The molecule has 0 radical (unpaired) electrons. The van der Waals surface area contributed by atoms with Crippen LogP contribution in [-0.2, 0) is 11.2 Å². The van der Waals surface area contributed by atoms with E-state index in [0.29, 0.717) is 17.9 Å². The van der Waals surface area contributed by atoms with Crippen molar-refractivity contribution in [1.29, 1.82) is 0 Å². The Morgan fingerprint density at radius 1 is 0.846 bits per heavy atom. The molecule has 0 atom stereocenters. The SMILES string of the molecule is CC(C)(C)[Si](C)(C)Oc1ccc(C2CCC(=C(Cc3ccccc3)C(=O)O)CC2)c(O[Si](C)(C)C(C)(C)C)c1. The van der Waals surface area contributed by atoms with Crippen molar-refractivity contribution in [3.05, 3.63) is 70.8 Å². The fourth-order valence-electron chi connectivity index (χ4n) is 4.61. The van der Waals surface area contributed by atoms with Crippen LogP contribution in [0.3, 0.4) is 0 Å². The summed E-state index contributed by atoms with van der Waals surface area (Å²) >= 11 is 0. The predicted octanol–water partition coefficient (Wildman–Crippen LogP) is 9.74. The van der Waals surface area contributed by atoms with Gasteiger partial charge in [0.15, 0.2) is 0 Å². The van der Waals surface area contributed by atoms with Gasteiger partial charge in [-0.3, -0.25) is 0 Å². The van der Waals surface area contributed by atoms with Gasteiger partial charge in [0.25, 0.3) is 0 Å². The standard InChI is InChI=1S/C33H50O4Si2/c1-32(2,3)38(7,8)36-27-20-21-28(30(23-27)37-39(9,10)33(4,5)6)25-16-18-26(19-17-25)29(31(34)35)22-24-14-12-11-13-15-24/h11-15,20-21,23,25H,16-19,22H2,1-10H3,(H,34,35). The highest BCUT2D eigenvalue weighted by atomic mass is 28.4. The zero-order chi connectivity index (χ0) is 29.2. The highest BCUT2D eigenvalue weighted by Gasteiger charge is 2.41. The van der Waals surface area contributed by atoms with Crippen LogP contribution in [0.2, 0.25) is 36.3 Å². The molecule has 1 aliphatic rings. The van der Waals surface area contributed by atoms with Crippen molar-refractivity contribution in [1.82, 2.24) is 0 Å². The monoisotopic (exact) mass is 566 g/mol. The van der Waals surface area contributed by atoms with Crippen LogP contribution in [-0.4, -0.2) is 27.7 Å². The molecule has 214 valence electrons. The lowest BCUT2D eigenvalue weighted by molar-refractivity contribution is -0.132. The van der Waals surface area contributed by atoms with Crippen molar-refractivity contribution >= 4 is 22.6 Å². The molecule has 4 nitrogen and oxygen atoms in total. The van der Waals surface area contributed by atoms with Crippen molar-refractivity contribution in [2.45, 2.75) is 116 Å². The maximum absolute atomic E-state index is 12.2. The summed E-state index contributed by atoms with van der Waals surface area (Å²) in [6.45, 7) is 22.7. The van der Waals surface area contributed by atoms with Crippen LogP contribution >= 0.6 is 0 Å². The van der Waals surface area contributed by atoms with E-state index < -0.39 is 22.6 Å². The normalized spacial score (nSPS) is 17.1. The number of carboxylic acids is 1. The molecule has 0 spiro atoms. The van der Waals surface area contributed by atoms with Crippen LogP contribution in [0.5, 0.6) is 11.5 Å². The van der Waals surface area contributed by atoms with E-state index in [9.17, 15) is 9.90 Å². The Labute approximate surface area is 239 Å². The number of carbonyl (C=O) groups is 1. The van der Waals surface area contributed by atoms with Crippen LogP contribution < -0.4 is 8.85 Å². The first kappa shape index (κ1) is 31.2.